The molecular formula is C22H25N5O2. The number of urea groups is 1. The molecule has 0 aliphatic carbocycles. The van der Waals surface area contributed by atoms with E-state index < -0.39 is 0 Å². The van der Waals surface area contributed by atoms with Gasteiger partial charge in [0, 0.05) is 54.9 Å². The van der Waals surface area contributed by atoms with E-state index in [2.05, 4.69) is 16.0 Å². The lowest BCUT2D eigenvalue weighted by atomic mass is 9.74. The standard InChI is InChI=1S/C22H25N5O2/c28-20(27-14-22(15-27)7-1-8-24-13-22)16-2-4-19(5-3-16)25-21(29)26-11-17-6-9-23-10-18(17)12-26/h2-6,9-11,23-24H,1,7-8,12-15H2,(H,25,29). The Kier molecular flexibility index (Phi) is 4.39. The summed E-state index contributed by atoms with van der Waals surface area (Å²) in [6, 6.07) is 6.98. The Balaban J connectivity index is 1.18. The summed E-state index contributed by atoms with van der Waals surface area (Å²) in [7, 11) is 0. The maximum absolute atomic E-state index is 12.7. The summed E-state index contributed by atoms with van der Waals surface area (Å²) < 4.78 is 0. The molecule has 150 valence electrons. The summed E-state index contributed by atoms with van der Waals surface area (Å²) in [5.74, 6) is 0.0682. The van der Waals surface area contributed by atoms with Gasteiger partial charge in [-0.2, -0.15) is 0 Å². The van der Waals surface area contributed by atoms with Gasteiger partial charge in [0.15, 0.2) is 0 Å². The van der Waals surface area contributed by atoms with E-state index in [0.29, 0.717) is 17.8 Å². The number of likely N-dealkylation sites (tertiary alicyclic amines) is 1. The van der Waals surface area contributed by atoms with Gasteiger partial charge in [-0.1, -0.05) is 0 Å². The van der Waals surface area contributed by atoms with E-state index >= 15 is 0 Å². The number of benzene rings is 1. The number of rotatable bonds is 2. The normalized spacial score (nSPS) is 21.7. The van der Waals surface area contributed by atoms with Crippen LogP contribution >= 0.6 is 0 Å². The number of hydrogen-bond donors (Lipinski definition) is 3. The van der Waals surface area contributed by atoms with Gasteiger partial charge in [0.2, 0.25) is 0 Å². The number of carbonyl (C=O) groups is 2. The van der Waals surface area contributed by atoms with Crippen molar-refractivity contribution < 1.29 is 9.59 Å². The van der Waals surface area contributed by atoms with E-state index in [9.17, 15) is 9.59 Å². The average molecular weight is 391 g/mol. The van der Waals surface area contributed by atoms with Crippen LogP contribution < -0.4 is 16.0 Å². The molecule has 2 fully saturated rings. The van der Waals surface area contributed by atoms with Crippen LogP contribution in [0, 0.1) is 5.41 Å². The zero-order chi connectivity index (χ0) is 19.8. The van der Waals surface area contributed by atoms with Crippen molar-refractivity contribution in [2.24, 2.45) is 5.41 Å². The van der Waals surface area contributed by atoms with E-state index in [-0.39, 0.29) is 17.4 Å². The number of dihydropyridines is 1. The molecule has 2 saturated heterocycles. The molecule has 3 N–H and O–H groups in total. The zero-order valence-electron chi connectivity index (χ0n) is 16.3. The van der Waals surface area contributed by atoms with E-state index in [4.69, 9.17) is 0 Å². The highest BCUT2D eigenvalue weighted by molar-refractivity contribution is 5.96. The number of nitrogens with one attached hydrogen (secondary N) is 3. The molecule has 4 aliphatic heterocycles. The van der Waals surface area contributed by atoms with Gasteiger partial charge in [-0.05, 0) is 60.9 Å². The van der Waals surface area contributed by atoms with Gasteiger partial charge in [0.25, 0.3) is 5.91 Å². The molecule has 3 amide bonds. The van der Waals surface area contributed by atoms with Crippen LogP contribution in [0.15, 0.2) is 60.1 Å². The molecular weight excluding hydrogens is 366 g/mol. The zero-order valence-corrected chi connectivity index (χ0v) is 16.3. The average Bonchev–Trinajstić information content (AvgIpc) is 3.17. The second-order valence-electron chi connectivity index (χ2n) is 8.33. The topological polar surface area (TPSA) is 76.7 Å². The first-order valence-electron chi connectivity index (χ1n) is 10.1. The third kappa shape index (κ3) is 3.42. The van der Waals surface area contributed by atoms with Gasteiger partial charge in [-0.3, -0.25) is 9.69 Å². The van der Waals surface area contributed by atoms with Crippen molar-refractivity contribution in [2.75, 3.05) is 38.0 Å². The Labute approximate surface area is 170 Å². The third-order valence-corrected chi connectivity index (χ3v) is 6.17. The molecule has 1 aromatic rings. The van der Waals surface area contributed by atoms with Crippen LogP contribution in [0.3, 0.4) is 0 Å². The van der Waals surface area contributed by atoms with Gasteiger partial charge in [0.05, 0.1) is 6.54 Å². The smallest absolute Gasteiger partial charge is 0.326 e. The van der Waals surface area contributed by atoms with Crippen LogP contribution in [0.25, 0.3) is 0 Å². The molecule has 5 rings (SSSR count). The van der Waals surface area contributed by atoms with E-state index in [1.54, 1.807) is 29.2 Å². The van der Waals surface area contributed by atoms with Crippen LogP contribution in [0.4, 0.5) is 10.5 Å². The minimum absolute atomic E-state index is 0.0682. The van der Waals surface area contributed by atoms with Crippen molar-refractivity contribution in [3.8, 4) is 0 Å². The Bertz CT molecular complexity index is 917. The fraction of sp³-hybridized carbons (Fsp3) is 0.364. The lowest BCUT2D eigenvalue weighted by Crippen LogP contribution is -2.63. The summed E-state index contributed by atoms with van der Waals surface area (Å²) in [4.78, 5) is 28.8. The second-order valence-corrected chi connectivity index (χ2v) is 8.33. The highest BCUT2D eigenvalue weighted by Crippen LogP contribution is 2.37. The van der Waals surface area contributed by atoms with Crippen LogP contribution in [0.5, 0.6) is 0 Å². The van der Waals surface area contributed by atoms with Crippen LogP contribution in [0.1, 0.15) is 23.2 Å². The second kappa shape index (κ2) is 7.08. The number of anilines is 1. The van der Waals surface area contributed by atoms with Gasteiger partial charge >= 0.3 is 6.03 Å². The number of piperidine rings is 1. The van der Waals surface area contributed by atoms with Gasteiger partial charge in [-0.15, -0.1) is 0 Å². The van der Waals surface area contributed by atoms with Gasteiger partial charge in [0.1, 0.15) is 0 Å². The molecule has 29 heavy (non-hydrogen) atoms. The summed E-state index contributed by atoms with van der Waals surface area (Å²) in [5.41, 5.74) is 3.75. The summed E-state index contributed by atoms with van der Waals surface area (Å²) in [5, 5.41) is 9.38. The molecule has 1 spiro atoms. The van der Waals surface area contributed by atoms with Crippen LogP contribution in [-0.2, 0) is 0 Å². The first-order chi connectivity index (χ1) is 14.1. The Morgan fingerprint density at radius 1 is 1.14 bits per heavy atom. The van der Waals surface area contributed by atoms with Crippen molar-refractivity contribution in [3.63, 3.8) is 0 Å². The highest BCUT2D eigenvalue weighted by Gasteiger charge is 2.45. The Hall–Kier alpha value is -3.06. The molecule has 0 radical (unpaired) electrons. The third-order valence-electron chi connectivity index (χ3n) is 6.17. The molecule has 0 aromatic heterocycles. The van der Waals surface area contributed by atoms with Gasteiger partial charge < -0.3 is 20.9 Å². The monoisotopic (exact) mass is 391 g/mol. The lowest BCUT2D eigenvalue weighted by Gasteiger charge is -2.52. The number of carbonyl (C=O) groups excluding carboxylic acids is 2. The number of amides is 3. The molecule has 7 nitrogen and oxygen atoms in total. The predicted octanol–water partition coefficient (Wildman–Crippen LogP) is 2.24. The largest absolute Gasteiger partial charge is 0.367 e. The molecule has 7 heteroatoms. The number of nitrogens with zero attached hydrogens (tertiary/aromatic N) is 2. The van der Waals surface area contributed by atoms with E-state index in [1.165, 1.54) is 12.8 Å². The molecule has 0 atom stereocenters. The van der Waals surface area contributed by atoms with Crippen molar-refractivity contribution in [1.82, 2.24) is 20.4 Å². The molecule has 1 aromatic carbocycles. The van der Waals surface area contributed by atoms with Crippen molar-refractivity contribution in [3.05, 3.63) is 65.7 Å². The summed E-state index contributed by atoms with van der Waals surface area (Å²) >= 11 is 0. The van der Waals surface area contributed by atoms with E-state index in [0.717, 1.165) is 37.3 Å². The maximum Gasteiger partial charge on any atom is 0.326 e. The molecule has 0 saturated carbocycles. The number of allylic oxidation sites excluding steroid dienone is 1. The molecule has 0 bridgehead atoms. The summed E-state index contributed by atoms with van der Waals surface area (Å²) in [6.07, 6.45) is 9.93. The summed E-state index contributed by atoms with van der Waals surface area (Å²) in [6.45, 7) is 4.31. The molecule has 4 aliphatic rings. The molecule has 4 heterocycles. The van der Waals surface area contributed by atoms with E-state index in [1.807, 2.05) is 29.6 Å². The first kappa shape index (κ1) is 18.0. The SMILES string of the molecule is O=C(Nc1ccc(C(=O)N2CC3(CCCNC3)C2)cc1)N1C=C2C=CNC=C2C1. The fourth-order valence-corrected chi connectivity index (χ4v) is 4.55. The van der Waals surface area contributed by atoms with Crippen LogP contribution in [0.2, 0.25) is 0 Å². The minimum Gasteiger partial charge on any atom is -0.367 e. The first-order valence-corrected chi connectivity index (χ1v) is 10.1. The fourth-order valence-electron chi connectivity index (χ4n) is 4.55. The lowest BCUT2D eigenvalue weighted by molar-refractivity contribution is -0.00722. The Morgan fingerprint density at radius 3 is 2.69 bits per heavy atom. The molecule has 0 unspecified atom stereocenters. The minimum atomic E-state index is -0.185. The van der Waals surface area contributed by atoms with Crippen molar-refractivity contribution >= 4 is 17.6 Å². The van der Waals surface area contributed by atoms with Crippen LogP contribution in [-0.4, -0.2) is 54.5 Å². The predicted molar refractivity (Wildman–Crippen MR) is 111 cm³/mol. The Morgan fingerprint density at radius 2 is 1.97 bits per heavy atom. The number of fused-ring (bicyclic) bond motifs is 1. The highest BCUT2D eigenvalue weighted by atomic mass is 16.2. The number of hydrogen-bond acceptors (Lipinski definition) is 4. The maximum atomic E-state index is 12.7. The van der Waals surface area contributed by atoms with Gasteiger partial charge in [-0.25, -0.2) is 4.79 Å². The quantitative estimate of drug-likeness (QED) is 0.723. The van der Waals surface area contributed by atoms with Crippen molar-refractivity contribution in [2.45, 2.75) is 12.8 Å². The van der Waals surface area contributed by atoms with Crippen molar-refractivity contribution in [1.29, 1.82) is 0 Å².